The third kappa shape index (κ3) is 2.22. The average Bonchev–Trinajstić information content (AvgIpc) is 2.79. The van der Waals surface area contributed by atoms with Gasteiger partial charge in [-0.05, 0) is 18.6 Å². The molecule has 0 N–H and O–H groups in total. The zero-order valence-corrected chi connectivity index (χ0v) is 9.45. The molecule has 92 valence electrons. The smallest absolute Gasteiger partial charge is 0.311 e. The molecule has 2 rings (SSSR count). The number of ether oxygens (including phenoxy) is 1. The summed E-state index contributed by atoms with van der Waals surface area (Å²) in [5, 5.41) is 10.9. The van der Waals surface area contributed by atoms with Gasteiger partial charge in [-0.3, -0.25) is 14.9 Å². The second-order valence-electron chi connectivity index (χ2n) is 3.56. The van der Waals surface area contributed by atoms with Gasteiger partial charge < -0.3 is 9.15 Å². The van der Waals surface area contributed by atoms with Crippen molar-refractivity contribution in [3.8, 4) is 11.7 Å². The maximum Gasteiger partial charge on any atom is 0.311 e. The van der Waals surface area contributed by atoms with Gasteiger partial charge in [-0.25, -0.2) is 0 Å². The van der Waals surface area contributed by atoms with Crippen LogP contribution in [-0.4, -0.2) is 11.2 Å². The molecule has 0 unspecified atom stereocenters. The number of hydrogen-bond acceptors (Lipinski definition) is 5. The molecule has 2 aromatic rings. The van der Waals surface area contributed by atoms with Gasteiger partial charge in [-0.2, -0.15) is 0 Å². The highest BCUT2D eigenvalue weighted by Crippen LogP contribution is 2.34. The summed E-state index contributed by atoms with van der Waals surface area (Å²) in [4.78, 5) is 20.8. The molecule has 0 fully saturated rings. The first-order valence-corrected chi connectivity index (χ1v) is 5.08. The van der Waals surface area contributed by atoms with Crippen LogP contribution in [0.25, 0.3) is 0 Å². The summed E-state index contributed by atoms with van der Waals surface area (Å²) >= 11 is 0. The number of aldehydes is 1. The Balaban J connectivity index is 2.38. The summed E-state index contributed by atoms with van der Waals surface area (Å²) in [5.74, 6) is 0.241. The van der Waals surface area contributed by atoms with Gasteiger partial charge in [-0.1, -0.05) is 12.1 Å². The van der Waals surface area contributed by atoms with E-state index in [-0.39, 0.29) is 23.1 Å². The molecule has 0 aliphatic heterocycles. The lowest BCUT2D eigenvalue weighted by molar-refractivity contribution is -0.385. The molecule has 0 spiro atoms. The molecule has 6 nitrogen and oxygen atoms in total. The van der Waals surface area contributed by atoms with Crippen LogP contribution in [0.5, 0.6) is 11.7 Å². The van der Waals surface area contributed by atoms with Crippen molar-refractivity contribution < 1.29 is 18.9 Å². The quantitative estimate of drug-likeness (QED) is 0.471. The monoisotopic (exact) mass is 247 g/mol. The summed E-state index contributed by atoms with van der Waals surface area (Å²) in [7, 11) is 0. The lowest BCUT2D eigenvalue weighted by Gasteiger charge is -2.05. The maximum atomic E-state index is 10.9. The molecule has 0 aliphatic carbocycles. The van der Waals surface area contributed by atoms with Crippen LogP contribution in [-0.2, 0) is 0 Å². The highest BCUT2D eigenvalue weighted by molar-refractivity contribution is 5.70. The number of nitro benzene ring substituents is 1. The van der Waals surface area contributed by atoms with Crippen LogP contribution in [0.3, 0.4) is 0 Å². The van der Waals surface area contributed by atoms with Gasteiger partial charge in [0, 0.05) is 12.1 Å². The molecule has 0 saturated carbocycles. The standard InChI is InChI=1S/C12H9NO5/c1-8-3-2-4-10(13(15)16)12(8)18-11-6-5-9(7-14)17-11/h2-7H,1H3. The Bertz CT molecular complexity index is 602. The Morgan fingerprint density at radius 3 is 2.72 bits per heavy atom. The molecule has 0 atom stereocenters. The van der Waals surface area contributed by atoms with Crippen LogP contribution in [0.15, 0.2) is 34.7 Å². The topological polar surface area (TPSA) is 82.6 Å². The summed E-state index contributed by atoms with van der Waals surface area (Å²) in [6.45, 7) is 1.69. The first-order chi connectivity index (χ1) is 8.61. The highest BCUT2D eigenvalue weighted by Gasteiger charge is 2.18. The summed E-state index contributed by atoms with van der Waals surface area (Å²) < 4.78 is 10.3. The van der Waals surface area contributed by atoms with Crippen LogP contribution >= 0.6 is 0 Å². The Morgan fingerprint density at radius 1 is 1.33 bits per heavy atom. The molecule has 0 saturated heterocycles. The Labute approximate surface area is 102 Å². The molecule has 1 aromatic carbocycles. The van der Waals surface area contributed by atoms with Crippen molar-refractivity contribution >= 4 is 12.0 Å². The van der Waals surface area contributed by atoms with E-state index in [0.717, 1.165) is 0 Å². The molecular formula is C12H9NO5. The van der Waals surface area contributed by atoms with Crippen molar-refractivity contribution in [2.45, 2.75) is 6.92 Å². The minimum atomic E-state index is -0.536. The molecule has 0 radical (unpaired) electrons. The molecule has 1 heterocycles. The number of nitrogens with zero attached hydrogens (tertiary/aromatic N) is 1. The summed E-state index contributed by atoms with van der Waals surface area (Å²) in [5.41, 5.74) is 0.451. The van der Waals surface area contributed by atoms with E-state index in [4.69, 9.17) is 9.15 Å². The lowest BCUT2D eigenvalue weighted by atomic mass is 10.2. The number of benzene rings is 1. The highest BCUT2D eigenvalue weighted by atomic mass is 16.6. The van der Waals surface area contributed by atoms with Crippen LogP contribution in [0, 0.1) is 17.0 Å². The van der Waals surface area contributed by atoms with Crippen molar-refractivity contribution in [2.75, 3.05) is 0 Å². The SMILES string of the molecule is Cc1cccc([N+](=O)[O-])c1Oc1ccc(C=O)o1. The largest absolute Gasteiger partial charge is 0.422 e. The van der Waals surface area contributed by atoms with Gasteiger partial charge >= 0.3 is 5.69 Å². The Kier molecular flexibility index (Phi) is 3.09. The number of carbonyl (C=O) groups excluding carboxylic acids is 1. The Morgan fingerprint density at radius 2 is 2.11 bits per heavy atom. The van der Waals surface area contributed by atoms with E-state index >= 15 is 0 Å². The molecule has 0 bridgehead atoms. The number of nitro groups is 1. The minimum Gasteiger partial charge on any atom is -0.422 e. The van der Waals surface area contributed by atoms with Crippen molar-refractivity contribution in [3.05, 3.63) is 51.8 Å². The predicted molar refractivity (Wildman–Crippen MR) is 62.0 cm³/mol. The molecule has 18 heavy (non-hydrogen) atoms. The van der Waals surface area contributed by atoms with Crippen LogP contribution in [0.1, 0.15) is 16.1 Å². The van der Waals surface area contributed by atoms with E-state index in [2.05, 4.69) is 0 Å². The van der Waals surface area contributed by atoms with E-state index in [1.807, 2.05) is 0 Å². The zero-order valence-electron chi connectivity index (χ0n) is 9.45. The van der Waals surface area contributed by atoms with Crippen molar-refractivity contribution in [1.82, 2.24) is 0 Å². The second kappa shape index (κ2) is 4.70. The average molecular weight is 247 g/mol. The van der Waals surface area contributed by atoms with Crippen molar-refractivity contribution in [3.63, 3.8) is 0 Å². The fourth-order valence-corrected chi connectivity index (χ4v) is 1.47. The van der Waals surface area contributed by atoms with Crippen LogP contribution < -0.4 is 4.74 Å². The number of para-hydroxylation sites is 1. The second-order valence-corrected chi connectivity index (χ2v) is 3.56. The van der Waals surface area contributed by atoms with Gasteiger partial charge in [0.05, 0.1) is 4.92 Å². The van der Waals surface area contributed by atoms with E-state index < -0.39 is 4.92 Å². The number of rotatable bonds is 4. The molecule has 1 aromatic heterocycles. The first kappa shape index (κ1) is 11.8. The number of carbonyl (C=O) groups is 1. The fraction of sp³-hybridized carbons (Fsp3) is 0.0833. The van der Waals surface area contributed by atoms with Crippen LogP contribution in [0.4, 0.5) is 5.69 Å². The van der Waals surface area contributed by atoms with E-state index in [1.54, 1.807) is 19.1 Å². The van der Waals surface area contributed by atoms with Gasteiger partial charge in [0.25, 0.3) is 5.95 Å². The Hall–Kier alpha value is -2.63. The molecular weight excluding hydrogens is 238 g/mol. The van der Waals surface area contributed by atoms with Gasteiger partial charge in [0.2, 0.25) is 5.75 Å². The maximum absolute atomic E-state index is 10.9. The summed E-state index contributed by atoms with van der Waals surface area (Å²) in [6.07, 6.45) is 0.527. The van der Waals surface area contributed by atoms with Crippen LogP contribution in [0.2, 0.25) is 0 Å². The number of hydrogen-bond donors (Lipinski definition) is 0. The minimum absolute atomic E-state index is 0.0366. The lowest BCUT2D eigenvalue weighted by Crippen LogP contribution is -1.94. The number of aryl methyl sites for hydroxylation is 1. The first-order valence-electron chi connectivity index (χ1n) is 5.08. The number of furan rings is 1. The predicted octanol–water partition coefficient (Wildman–Crippen LogP) is 3.10. The van der Waals surface area contributed by atoms with Gasteiger partial charge in [0.15, 0.2) is 12.0 Å². The van der Waals surface area contributed by atoms with Crippen molar-refractivity contribution in [2.24, 2.45) is 0 Å². The molecule has 0 amide bonds. The van der Waals surface area contributed by atoms with Gasteiger partial charge in [-0.15, -0.1) is 0 Å². The van der Waals surface area contributed by atoms with E-state index in [9.17, 15) is 14.9 Å². The molecule has 0 aliphatic rings. The van der Waals surface area contributed by atoms with Crippen molar-refractivity contribution in [1.29, 1.82) is 0 Å². The third-order valence-corrected chi connectivity index (χ3v) is 2.31. The van der Waals surface area contributed by atoms with E-state index in [1.165, 1.54) is 18.2 Å². The fourth-order valence-electron chi connectivity index (χ4n) is 1.47. The normalized spacial score (nSPS) is 10.1. The summed E-state index contributed by atoms with van der Waals surface area (Å²) in [6, 6.07) is 7.45. The molecule has 6 heteroatoms. The zero-order chi connectivity index (χ0) is 13.1. The van der Waals surface area contributed by atoms with Gasteiger partial charge in [0.1, 0.15) is 0 Å². The van der Waals surface area contributed by atoms with E-state index in [0.29, 0.717) is 11.8 Å². The third-order valence-electron chi connectivity index (χ3n) is 2.31.